The van der Waals surface area contributed by atoms with E-state index in [1.165, 1.54) is 11.1 Å². The maximum atomic E-state index is 7.94. The first-order chi connectivity index (χ1) is 13.7. The highest BCUT2D eigenvalue weighted by atomic mass is 16.3. The van der Waals surface area contributed by atoms with Gasteiger partial charge in [0.1, 0.15) is 11.3 Å². The minimum absolute atomic E-state index is 0.421. The summed E-state index contributed by atoms with van der Waals surface area (Å²) in [5.41, 5.74) is 12.9. The molecule has 1 heterocycles. The lowest BCUT2D eigenvalue weighted by Crippen LogP contribution is -2.00. The van der Waals surface area contributed by atoms with Gasteiger partial charge in [-0.1, -0.05) is 54.6 Å². The molecule has 3 heteroatoms. The van der Waals surface area contributed by atoms with Crippen LogP contribution in [0.3, 0.4) is 0 Å². The molecule has 0 spiro atoms. The number of fused-ring (bicyclic) bond motifs is 2. The van der Waals surface area contributed by atoms with Crippen LogP contribution in [0.1, 0.15) is 0 Å². The van der Waals surface area contributed by atoms with E-state index < -0.39 is 0 Å². The van der Waals surface area contributed by atoms with Crippen LogP contribution in [0.4, 0.5) is 5.69 Å². The van der Waals surface area contributed by atoms with Crippen LogP contribution in [0.25, 0.3) is 44.5 Å². The Hall–Kier alpha value is -3.85. The van der Waals surface area contributed by atoms with Crippen LogP contribution in [0.5, 0.6) is 0 Å². The summed E-state index contributed by atoms with van der Waals surface area (Å²) < 4.78 is 6.06. The van der Waals surface area contributed by atoms with E-state index in [4.69, 9.17) is 15.6 Å². The highest BCUT2D eigenvalue weighted by Crippen LogP contribution is 2.40. The third-order valence-corrected chi connectivity index (χ3v) is 5.03. The van der Waals surface area contributed by atoms with Gasteiger partial charge in [0.05, 0.1) is 5.36 Å². The first kappa shape index (κ1) is 16.3. The lowest BCUT2D eigenvalue weighted by Gasteiger charge is -2.16. The van der Waals surface area contributed by atoms with Gasteiger partial charge in [-0.05, 0) is 41.0 Å². The van der Waals surface area contributed by atoms with Gasteiger partial charge in [0.25, 0.3) is 0 Å². The zero-order valence-corrected chi connectivity index (χ0v) is 15.1. The molecular weight excluding hydrogens is 344 g/mol. The minimum atomic E-state index is 0.421. The Morgan fingerprint density at radius 1 is 0.679 bits per heavy atom. The number of hydrogen-bond donors (Lipinski definition) is 2. The van der Waals surface area contributed by atoms with Crippen molar-refractivity contribution in [1.82, 2.24) is 0 Å². The summed E-state index contributed by atoms with van der Waals surface area (Å²) in [6.45, 7) is 0. The fraction of sp³-hybridized carbons (Fsp3) is 0. The normalized spacial score (nSPS) is 11.1. The smallest absolute Gasteiger partial charge is 0.137 e. The first-order valence-electron chi connectivity index (χ1n) is 9.16. The fourth-order valence-electron chi connectivity index (χ4n) is 3.68. The fourth-order valence-corrected chi connectivity index (χ4v) is 3.68. The van der Waals surface area contributed by atoms with Crippen molar-refractivity contribution in [2.75, 3.05) is 5.73 Å². The Bertz CT molecular complexity index is 1320. The number of nitrogens with one attached hydrogen (secondary N) is 1. The van der Waals surface area contributed by atoms with E-state index in [-0.39, 0.29) is 0 Å². The van der Waals surface area contributed by atoms with Crippen molar-refractivity contribution >= 4 is 16.7 Å². The molecule has 2 aliphatic rings. The Labute approximate surface area is 162 Å². The van der Waals surface area contributed by atoms with Crippen molar-refractivity contribution in [2.45, 2.75) is 0 Å². The molecule has 1 aliphatic carbocycles. The van der Waals surface area contributed by atoms with Crippen molar-refractivity contribution in [1.29, 1.82) is 5.41 Å². The number of nitrogens with two attached hydrogens (primary N) is 1. The minimum Gasteiger partial charge on any atom is -0.456 e. The molecule has 3 nitrogen and oxygen atoms in total. The van der Waals surface area contributed by atoms with Gasteiger partial charge in [-0.2, -0.15) is 0 Å². The average Bonchev–Trinajstić information content (AvgIpc) is 2.72. The second-order valence-corrected chi connectivity index (χ2v) is 6.89. The molecule has 0 saturated carbocycles. The maximum absolute atomic E-state index is 7.94. The van der Waals surface area contributed by atoms with Gasteiger partial charge in [-0.15, -0.1) is 0 Å². The van der Waals surface area contributed by atoms with Crippen molar-refractivity contribution < 1.29 is 4.42 Å². The topological polar surface area (TPSA) is 63.0 Å². The summed E-state index contributed by atoms with van der Waals surface area (Å²) in [6.07, 6.45) is 0. The summed E-state index contributed by atoms with van der Waals surface area (Å²) >= 11 is 0. The standard InChI is InChI=1S/C25H18N2O/c26-19-10-12-21-23(14-19)28-24-15-20(27)11-13-22(24)25(21)18-8-6-17(7-9-18)16-4-2-1-3-5-16/h1-15,26H,27H2. The Balaban J connectivity index is 1.76. The number of benzene rings is 4. The lowest BCUT2D eigenvalue weighted by molar-refractivity contribution is 0.619. The molecule has 0 radical (unpaired) electrons. The Morgan fingerprint density at radius 2 is 1.39 bits per heavy atom. The van der Waals surface area contributed by atoms with E-state index in [0.29, 0.717) is 16.8 Å². The molecule has 134 valence electrons. The van der Waals surface area contributed by atoms with Crippen LogP contribution in [0, 0.1) is 5.41 Å². The lowest BCUT2D eigenvalue weighted by atomic mass is 9.92. The summed E-state index contributed by atoms with van der Waals surface area (Å²) in [5.74, 6) is 0.688. The summed E-state index contributed by atoms with van der Waals surface area (Å²) in [6, 6.07) is 30.1. The van der Waals surface area contributed by atoms with E-state index in [2.05, 4.69) is 36.4 Å². The van der Waals surface area contributed by atoms with E-state index in [0.717, 1.165) is 27.7 Å². The van der Waals surface area contributed by atoms with E-state index in [1.54, 1.807) is 12.1 Å². The predicted molar refractivity (Wildman–Crippen MR) is 114 cm³/mol. The van der Waals surface area contributed by atoms with Gasteiger partial charge >= 0.3 is 0 Å². The molecule has 0 bridgehead atoms. The van der Waals surface area contributed by atoms with E-state index in [1.807, 2.05) is 42.5 Å². The summed E-state index contributed by atoms with van der Waals surface area (Å²) in [7, 11) is 0. The molecule has 0 amide bonds. The van der Waals surface area contributed by atoms with Crippen LogP contribution in [0.15, 0.2) is 95.4 Å². The highest BCUT2D eigenvalue weighted by molar-refractivity contribution is 6.02. The van der Waals surface area contributed by atoms with Gasteiger partial charge in [0.15, 0.2) is 0 Å². The molecule has 3 N–H and O–H groups in total. The molecule has 3 aromatic carbocycles. The van der Waals surface area contributed by atoms with Gasteiger partial charge in [0.2, 0.25) is 0 Å². The molecule has 3 aromatic rings. The van der Waals surface area contributed by atoms with Crippen LogP contribution in [-0.4, -0.2) is 0 Å². The molecule has 0 saturated heterocycles. The Morgan fingerprint density at radius 3 is 2.18 bits per heavy atom. The quantitative estimate of drug-likeness (QED) is 0.302. The second kappa shape index (κ2) is 6.39. The molecule has 0 atom stereocenters. The van der Waals surface area contributed by atoms with Crippen LogP contribution in [-0.2, 0) is 0 Å². The molecule has 0 unspecified atom stereocenters. The molecule has 0 aromatic heterocycles. The zero-order valence-electron chi connectivity index (χ0n) is 15.1. The largest absolute Gasteiger partial charge is 0.456 e. The van der Waals surface area contributed by atoms with E-state index >= 15 is 0 Å². The number of hydrogen-bond acceptors (Lipinski definition) is 3. The molecule has 28 heavy (non-hydrogen) atoms. The SMILES string of the molecule is N=c1ccc2c(-c3ccc(-c4ccccc4)cc3)c3ccc(N)cc3oc-2c1. The van der Waals surface area contributed by atoms with Crippen LogP contribution in [0.2, 0.25) is 0 Å². The van der Waals surface area contributed by atoms with E-state index in [9.17, 15) is 0 Å². The van der Waals surface area contributed by atoms with Gasteiger partial charge in [0, 0.05) is 34.3 Å². The molecular formula is C25H18N2O. The van der Waals surface area contributed by atoms with Crippen molar-refractivity contribution in [2.24, 2.45) is 0 Å². The molecule has 5 rings (SSSR count). The van der Waals surface area contributed by atoms with Gasteiger partial charge in [-0.25, -0.2) is 0 Å². The molecule has 0 fully saturated rings. The predicted octanol–water partition coefficient (Wildman–Crippen LogP) is 5.93. The number of anilines is 1. The monoisotopic (exact) mass is 362 g/mol. The van der Waals surface area contributed by atoms with Crippen molar-refractivity contribution in [3.05, 3.63) is 96.4 Å². The second-order valence-electron chi connectivity index (χ2n) is 6.89. The van der Waals surface area contributed by atoms with Crippen molar-refractivity contribution in [3.63, 3.8) is 0 Å². The summed E-state index contributed by atoms with van der Waals surface area (Å²) in [5, 5.41) is 9.37. The maximum Gasteiger partial charge on any atom is 0.137 e. The van der Waals surface area contributed by atoms with Crippen molar-refractivity contribution in [3.8, 4) is 33.6 Å². The van der Waals surface area contributed by atoms with Crippen LogP contribution >= 0.6 is 0 Å². The van der Waals surface area contributed by atoms with Crippen LogP contribution < -0.4 is 11.1 Å². The third-order valence-electron chi connectivity index (χ3n) is 5.03. The first-order valence-corrected chi connectivity index (χ1v) is 9.16. The Kier molecular flexibility index (Phi) is 3.73. The zero-order chi connectivity index (χ0) is 19.1. The molecule has 1 aliphatic heterocycles. The van der Waals surface area contributed by atoms with Gasteiger partial charge in [-0.3, -0.25) is 0 Å². The number of rotatable bonds is 2. The summed E-state index contributed by atoms with van der Waals surface area (Å²) in [4.78, 5) is 0. The third kappa shape index (κ3) is 2.74. The average molecular weight is 362 g/mol. The number of nitrogen functional groups attached to an aromatic ring is 1. The highest BCUT2D eigenvalue weighted by Gasteiger charge is 2.17. The van der Waals surface area contributed by atoms with Gasteiger partial charge < -0.3 is 15.6 Å².